The van der Waals surface area contributed by atoms with Gasteiger partial charge in [-0.2, -0.15) is 0 Å². The van der Waals surface area contributed by atoms with E-state index in [0.717, 1.165) is 17.5 Å². The highest BCUT2D eigenvalue weighted by atomic mass is 28.3. The van der Waals surface area contributed by atoms with E-state index in [-0.39, 0.29) is 6.29 Å². The minimum absolute atomic E-state index is 0.198. The normalized spacial score (nSPS) is 13.2. The largest absolute Gasteiger partial charge is 0.465 e. The summed E-state index contributed by atoms with van der Waals surface area (Å²) in [5.74, 6) is 0.832. The molecule has 1 aromatic carbocycles. The molecule has 2 nitrogen and oxygen atoms in total. The summed E-state index contributed by atoms with van der Waals surface area (Å²) in [6, 6.07) is 7.83. The summed E-state index contributed by atoms with van der Waals surface area (Å²) in [7, 11) is -1.17. The maximum absolute atomic E-state index is 5.69. The van der Waals surface area contributed by atoms with Crippen molar-refractivity contribution < 1.29 is 9.47 Å². The smallest absolute Gasteiger partial charge is 0.196 e. The van der Waals surface area contributed by atoms with Crippen LogP contribution in [0.3, 0.4) is 0 Å². The van der Waals surface area contributed by atoms with Crippen molar-refractivity contribution in [1.82, 2.24) is 0 Å². The fourth-order valence-corrected chi connectivity index (χ4v) is 2.01. The van der Waals surface area contributed by atoms with Crippen molar-refractivity contribution in [3.05, 3.63) is 36.4 Å². The number of benzene rings is 1. The maximum Gasteiger partial charge on any atom is 0.196 e. The zero-order valence-corrected chi connectivity index (χ0v) is 12.2. The van der Waals surface area contributed by atoms with Crippen molar-refractivity contribution in [2.24, 2.45) is 0 Å². The second-order valence-electron chi connectivity index (χ2n) is 5.33. The molecule has 94 valence electrons. The van der Waals surface area contributed by atoms with Gasteiger partial charge in [-0.3, -0.25) is 0 Å². The van der Waals surface area contributed by atoms with Crippen molar-refractivity contribution in [3.8, 4) is 5.75 Å². The van der Waals surface area contributed by atoms with E-state index in [9.17, 15) is 0 Å². The predicted molar refractivity (Wildman–Crippen MR) is 75.9 cm³/mol. The van der Waals surface area contributed by atoms with Gasteiger partial charge >= 0.3 is 0 Å². The zero-order valence-electron chi connectivity index (χ0n) is 11.2. The highest BCUT2D eigenvalue weighted by molar-refractivity contribution is 6.76. The Morgan fingerprint density at radius 2 is 1.82 bits per heavy atom. The lowest BCUT2D eigenvalue weighted by Crippen LogP contribution is -2.32. The van der Waals surface area contributed by atoms with Crippen LogP contribution < -0.4 is 4.74 Å². The molecule has 1 atom stereocenters. The quantitative estimate of drug-likeness (QED) is 0.562. The number of ether oxygens (including phenoxy) is 2. The van der Waals surface area contributed by atoms with Gasteiger partial charge in [-0.1, -0.05) is 44.4 Å². The molecule has 0 aliphatic heterocycles. The molecule has 1 aromatic rings. The van der Waals surface area contributed by atoms with Gasteiger partial charge in [0.05, 0.1) is 8.07 Å². The van der Waals surface area contributed by atoms with E-state index in [1.54, 1.807) is 0 Å². The van der Waals surface area contributed by atoms with Crippen molar-refractivity contribution >= 4 is 14.1 Å². The summed E-state index contributed by atoms with van der Waals surface area (Å²) in [5, 5.41) is 0. The Bertz CT molecular complexity index is 351. The molecule has 0 heterocycles. The van der Waals surface area contributed by atoms with E-state index in [1.807, 2.05) is 37.3 Å². The molecule has 0 aliphatic rings. The highest BCUT2D eigenvalue weighted by Crippen LogP contribution is 2.15. The van der Waals surface area contributed by atoms with Gasteiger partial charge in [0.25, 0.3) is 0 Å². The Morgan fingerprint density at radius 1 is 1.24 bits per heavy atom. The van der Waals surface area contributed by atoms with E-state index < -0.39 is 8.07 Å². The molecule has 0 fully saturated rings. The van der Waals surface area contributed by atoms with Crippen LogP contribution >= 0.6 is 0 Å². The number of hydrogen-bond donors (Lipinski definition) is 0. The lowest BCUT2D eigenvalue weighted by Gasteiger charge is -2.21. The summed E-state index contributed by atoms with van der Waals surface area (Å²) in [6.07, 6.45) is 2.43. The van der Waals surface area contributed by atoms with Crippen LogP contribution in [0.2, 0.25) is 19.6 Å². The van der Waals surface area contributed by atoms with Crippen LogP contribution in [0.25, 0.3) is 6.08 Å². The summed E-state index contributed by atoms with van der Waals surface area (Å²) >= 11 is 0. The molecule has 0 radical (unpaired) electrons. The SMILES string of the molecule is C=Cc1ccc(OC(C)OC[Si](C)(C)C)cc1. The number of rotatable bonds is 6. The molecule has 1 unspecified atom stereocenters. The third-order valence-electron chi connectivity index (χ3n) is 2.17. The summed E-state index contributed by atoms with van der Waals surface area (Å²) in [4.78, 5) is 0. The van der Waals surface area contributed by atoms with Gasteiger partial charge < -0.3 is 9.47 Å². The lowest BCUT2D eigenvalue weighted by atomic mass is 10.2. The molecular formula is C14H22O2Si. The molecule has 0 aromatic heterocycles. The van der Waals surface area contributed by atoms with Gasteiger partial charge in [0.1, 0.15) is 5.75 Å². The first kappa shape index (κ1) is 14.0. The first-order chi connectivity index (χ1) is 7.90. The average Bonchev–Trinajstić information content (AvgIpc) is 2.27. The van der Waals surface area contributed by atoms with Crippen LogP contribution in [-0.4, -0.2) is 20.6 Å². The minimum atomic E-state index is -1.17. The average molecular weight is 250 g/mol. The Kier molecular flexibility index (Phi) is 4.96. The standard InChI is InChI=1S/C14H22O2Si/c1-6-13-7-9-14(10-8-13)16-12(2)15-11-17(3,4)5/h6-10,12H,1,11H2,2-5H3. The van der Waals surface area contributed by atoms with E-state index in [0.29, 0.717) is 0 Å². The number of hydrogen-bond acceptors (Lipinski definition) is 2. The minimum Gasteiger partial charge on any atom is -0.465 e. The fourth-order valence-electron chi connectivity index (χ4n) is 1.28. The Balaban J connectivity index is 2.44. The molecule has 0 saturated heterocycles. The molecule has 17 heavy (non-hydrogen) atoms. The van der Waals surface area contributed by atoms with Gasteiger partial charge in [0.2, 0.25) is 0 Å². The first-order valence-corrected chi connectivity index (χ1v) is 9.62. The Labute approximate surface area is 105 Å². The van der Waals surface area contributed by atoms with E-state index >= 15 is 0 Å². The van der Waals surface area contributed by atoms with Crippen LogP contribution in [0, 0.1) is 0 Å². The summed E-state index contributed by atoms with van der Waals surface area (Å²) < 4.78 is 11.4. The molecule has 3 heteroatoms. The van der Waals surface area contributed by atoms with Crippen LogP contribution in [0.4, 0.5) is 0 Å². The fraction of sp³-hybridized carbons (Fsp3) is 0.429. The van der Waals surface area contributed by atoms with Crippen molar-refractivity contribution in [3.63, 3.8) is 0 Å². The van der Waals surface area contributed by atoms with Crippen LogP contribution in [-0.2, 0) is 4.74 Å². The van der Waals surface area contributed by atoms with Crippen LogP contribution in [0.5, 0.6) is 5.75 Å². The van der Waals surface area contributed by atoms with E-state index in [4.69, 9.17) is 9.47 Å². The second kappa shape index (κ2) is 6.03. The first-order valence-electron chi connectivity index (χ1n) is 5.91. The van der Waals surface area contributed by atoms with Crippen molar-refractivity contribution in [2.75, 3.05) is 6.23 Å². The summed E-state index contributed by atoms with van der Waals surface area (Å²) in [5.41, 5.74) is 1.09. The van der Waals surface area contributed by atoms with Crippen molar-refractivity contribution in [2.45, 2.75) is 32.9 Å². The topological polar surface area (TPSA) is 18.5 Å². The van der Waals surface area contributed by atoms with Gasteiger partial charge in [0.15, 0.2) is 6.29 Å². The van der Waals surface area contributed by atoms with E-state index in [1.165, 1.54) is 0 Å². The van der Waals surface area contributed by atoms with Gasteiger partial charge in [-0.15, -0.1) is 0 Å². The Hall–Kier alpha value is -1.06. The Morgan fingerprint density at radius 3 is 2.29 bits per heavy atom. The molecule has 0 saturated carbocycles. The maximum atomic E-state index is 5.69. The highest BCUT2D eigenvalue weighted by Gasteiger charge is 2.15. The lowest BCUT2D eigenvalue weighted by molar-refractivity contribution is -0.0499. The van der Waals surface area contributed by atoms with Crippen LogP contribution in [0.1, 0.15) is 12.5 Å². The predicted octanol–water partition coefficient (Wildman–Crippen LogP) is 3.95. The molecular weight excluding hydrogens is 228 g/mol. The van der Waals surface area contributed by atoms with E-state index in [2.05, 4.69) is 26.2 Å². The monoisotopic (exact) mass is 250 g/mol. The molecule has 1 rings (SSSR count). The molecule has 0 amide bonds. The molecule has 0 aliphatic carbocycles. The summed E-state index contributed by atoms with van der Waals surface area (Å²) in [6.45, 7) is 12.5. The third kappa shape index (κ3) is 5.70. The van der Waals surface area contributed by atoms with Gasteiger partial charge in [-0.05, 0) is 24.6 Å². The molecule has 0 bridgehead atoms. The third-order valence-corrected chi connectivity index (χ3v) is 3.20. The second-order valence-corrected chi connectivity index (χ2v) is 10.7. The van der Waals surface area contributed by atoms with Crippen molar-refractivity contribution in [1.29, 1.82) is 0 Å². The van der Waals surface area contributed by atoms with Crippen LogP contribution in [0.15, 0.2) is 30.8 Å². The molecule has 0 spiro atoms. The van der Waals surface area contributed by atoms with Gasteiger partial charge in [-0.25, -0.2) is 0 Å². The zero-order chi connectivity index (χ0) is 12.9. The molecule has 0 N–H and O–H groups in total. The van der Waals surface area contributed by atoms with Gasteiger partial charge in [0, 0.05) is 6.23 Å².